The number of hydrogen-bond donors (Lipinski definition) is 1. The lowest BCUT2D eigenvalue weighted by Crippen LogP contribution is -2.10. The van der Waals surface area contributed by atoms with Crippen LogP contribution in [0.1, 0.15) is 17.1 Å². The summed E-state index contributed by atoms with van der Waals surface area (Å²) in [6, 6.07) is 12.3. The van der Waals surface area contributed by atoms with Crippen molar-refractivity contribution in [2.75, 3.05) is 0 Å². The van der Waals surface area contributed by atoms with Crippen LogP contribution in [-0.4, -0.2) is 24.5 Å². The predicted octanol–water partition coefficient (Wildman–Crippen LogP) is 1.81. The van der Waals surface area contributed by atoms with Gasteiger partial charge in [-0.3, -0.25) is 4.68 Å². The molecule has 0 bridgehead atoms. The van der Waals surface area contributed by atoms with Gasteiger partial charge >= 0.3 is 0 Å². The molecule has 3 aromatic rings. The number of thioether (sulfide) groups is 1. The van der Waals surface area contributed by atoms with Crippen LogP contribution >= 0.6 is 11.8 Å². The average Bonchev–Trinajstić information content (AvgIpc) is 3.12. The molecule has 0 aliphatic carbocycles. The molecule has 1 aromatic carbocycles. The molecule has 0 spiro atoms. The number of aromatic nitrogens is 5. The largest absolute Gasteiger partial charge is 0.324 e. The van der Waals surface area contributed by atoms with Gasteiger partial charge in [0.15, 0.2) is 5.16 Å². The van der Waals surface area contributed by atoms with Gasteiger partial charge in [0.25, 0.3) is 0 Å². The molecule has 0 aliphatic rings. The van der Waals surface area contributed by atoms with Gasteiger partial charge in [0, 0.05) is 24.7 Å². The van der Waals surface area contributed by atoms with Crippen LogP contribution in [0.15, 0.2) is 47.8 Å². The zero-order valence-electron chi connectivity index (χ0n) is 12.4. The standard InChI is InChI=1S/C15H18N6S/c1-20-13(7-8-17-20)11-22-15-19-18-14(9-16)21(15)10-12-5-3-2-4-6-12/h2-8H,9-11,16H2,1H3. The second-order valence-corrected chi connectivity index (χ2v) is 5.85. The fourth-order valence-corrected chi connectivity index (χ4v) is 3.17. The smallest absolute Gasteiger partial charge is 0.191 e. The van der Waals surface area contributed by atoms with E-state index >= 15 is 0 Å². The van der Waals surface area contributed by atoms with Gasteiger partial charge in [0.1, 0.15) is 5.82 Å². The Morgan fingerprint density at radius 3 is 2.64 bits per heavy atom. The summed E-state index contributed by atoms with van der Waals surface area (Å²) in [5.41, 5.74) is 8.14. The normalized spacial score (nSPS) is 11.0. The zero-order valence-corrected chi connectivity index (χ0v) is 13.2. The second kappa shape index (κ2) is 6.76. The first kappa shape index (κ1) is 14.8. The summed E-state index contributed by atoms with van der Waals surface area (Å²) < 4.78 is 3.95. The van der Waals surface area contributed by atoms with E-state index in [0.717, 1.165) is 29.0 Å². The number of aryl methyl sites for hydroxylation is 1. The predicted molar refractivity (Wildman–Crippen MR) is 86.2 cm³/mol. The van der Waals surface area contributed by atoms with Crippen LogP contribution in [0.4, 0.5) is 0 Å². The molecule has 0 atom stereocenters. The van der Waals surface area contributed by atoms with Crippen molar-refractivity contribution in [3.63, 3.8) is 0 Å². The topological polar surface area (TPSA) is 74.6 Å². The maximum Gasteiger partial charge on any atom is 0.191 e. The second-order valence-electron chi connectivity index (χ2n) is 4.91. The average molecular weight is 314 g/mol. The molecule has 2 N–H and O–H groups in total. The third-order valence-corrected chi connectivity index (χ3v) is 4.43. The lowest BCUT2D eigenvalue weighted by molar-refractivity contribution is 0.666. The highest BCUT2D eigenvalue weighted by atomic mass is 32.2. The van der Waals surface area contributed by atoms with Crippen LogP contribution in [0, 0.1) is 0 Å². The first-order chi connectivity index (χ1) is 10.8. The van der Waals surface area contributed by atoms with E-state index in [9.17, 15) is 0 Å². The fourth-order valence-electron chi connectivity index (χ4n) is 2.18. The molecule has 0 unspecified atom stereocenters. The van der Waals surface area contributed by atoms with Gasteiger partial charge in [-0.25, -0.2) is 0 Å². The van der Waals surface area contributed by atoms with E-state index in [1.165, 1.54) is 5.56 Å². The van der Waals surface area contributed by atoms with Crippen molar-refractivity contribution in [1.29, 1.82) is 0 Å². The van der Waals surface area contributed by atoms with Crippen LogP contribution in [0.3, 0.4) is 0 Å². The molecular formula is C15H18N6S. The molecule has 3 rings (SSSR count). The Kier molecular flexibility index (Phi) is 4.55. The monoisotopic (exact) mass is 314 g/mol. The van der Waals surface area contributed by atoms with Gasteiger partial charge in [-0.2, -0.15) is 5.10 Å². The minimum Gasteiger partial charge on any atom is -0.324 e. The van der Waals surface area contributed by atoms with Crippen LogP contribution in [-0.2, 0) is 25.9 Å². The first-order valence-electron chi connectivity index (χ1n) is 7.03. The highest BCUT2D eigenvalue weighted by Gasteiger charge is 2.12. The van der Waals surface area contributed by atoms with Gasteiger partial charge < -0.3 is 10.3 Å². The molecule has 2 aromatic heterocycles. The van der Waals surface area contributed by atoms with Gasteiger partial charge in [0.2, 0.25) is 0 Å². The number of rotatable bonds is 6. The fraction of sp³-hybridized carbons (Fsp3) is 0.267. The lowest BCUT2D eigenvalue weighted by atomic mass is 10.2. The number of benzene rings is 1. The molecule has 0 amide bonds. The highest BCUT2D eigenvalue weighted by molar-refractivity contribution is 7.98. The summed E-state index contributed by atoms with van der Waals surface area (Å²) in [7, 11) is 1.94. The number of hydrogen-bond acceptors (Lipinski definition) is 5. The van der Waals surface area contributed by atoms with Crippen LogP contribution in [0.5, 0.6) is 0 Å². The van der Waals surface area contributed by atoms with Crippen molar-refractivity contribution in [2.45, 2.75) is 24.0 Å². The van der Waals surface area contributed by atoms with Crippen LogP contribution in [0.2, 0.25) is 0 Å². The Morgan fingerprint density at radius 1 is 1.14 bits per heavy atom. The molecule has 0 aliphatic heterocycles. The summed E-state index contributed by atoms with van der Waals surface area (Å²) in [5.74, 6) is 1.60. The summed E-state index contributed by atoms with van der Waals surface area (Å²) in [4.78, 5) is 0. The van der Waals surface area contributed by atoms with Gasteiger partial charge in [-0.05, 0) is 11.6 Å². The minimum atomic E-state index is 0.381. The van der Waals surface area contributed by atoms with Crippen molar-refractivity contribution in [1.82, 2.24) is 24.5 Å². The van der Waals surface area contributed by atoms with E-state index in [1.54, 1.807) is 18.0 Å². The van der Waals surface area contributed by atoms with Crippen molar-refractivity contribution in [3.8, 4) is 0 Å². The SMILES string of the molecule is Cn1nccc1CSc1nnc(CN)n1Cc1ccccc1. The molecule has 114 valence electrons. The molecule has 2 heterocycles. The summed E-state index contributed by atoms with van der Waals surface area (Å²) >= 11 is 1.65. The third-order valence-electron chi connectivity index (χ3n) is 3.43. The zero-order chi connectivity index (χ0) is 15.4. The van der Waals surface area contributed by atoms with E-state index < -0.39 is 0 Å². The Balaban J connectivity index is 1.79. The molecule has 0 saturated heterocycles. The molecule has 6 nitrogen and oxygen atoms in total. The number of nitrogens with two attached hydrogens (primary N) is 1. The maximum atomic E-state index is 5.79. The Labute approximate surface area is 133 Å². The van der Waals surface area contributed by atoms with E-state index in [4.69, 9.17) is 5.73 Å². The van der Waals surface area contributed by atoms with E-state index in [0.29, 0.717) is 6.54 Å². The number of nitrogens with zero attached hydrogens (tertiary/aromatic N) is 5. The minimum absolute atomic E-state index is 0.381. The molecule has 0 saturated carbocycles. The van der Waals surface area contributed by atoms with Gasteiger partial charge in [-0.15, -0.1) is 10.2 Å². The summed E-state index contributed by atoms with van der Waals surface area (Å²) in [5, 5.41) is 13.5. The van der Waals surface area contributed by atoms with Crippen molar-refractivity contribution in [2.24, 2.45) is 12.8 Å². The Hall–Kier alpha value is -2.12. The molecule has 0 fully saturated rings. The Bertz CT molecular complexity index is 734. The van der Waals surface area contributed by atoms with E-state index in [2.05, 4.69) is 32.0 Å². The lowest BCUT2D eigenvalue weighted by Gasteiger charge is -2.09. The molecule has 22 heavy (non-hydrogen) atoms. The van der Waals surface area contributed by atoms with Crippen molar-refractivity contribution < 1.29 is 0 Å². The third kappa shape index (κ3) is 3.20. The van der Waals surface area contributed by atoms with Crippen molar-refractivity contribution >= 4 is 11.8 Å². The molecule has 7 heteroatoms. The summed E-state index contributed by atoms with van der Waals surface area (Å²) in [6.45, 7) is 1.11. The van der Waals surface area contributed by atoms with Gasteiger partial charge in [0.05, 0.1) is 13.1 Å². The maximum absolute atomic E-state index is 5.79. The first-order valence-corrected chi connectivity index (χ1v) is 8.02. The van der Waals surface area contributed by atoms with E-state index in [1.807, 2.05) is 36.0 Å². The van der Waals surface area contributed by atoms with E-state index in [-0.39, 0.29) is 0 Å². The molecule has 0 radical (unpaired) electrons. The van der Waals surface area contributed by atoms with Crippen LogP contribution < -0.4 is 5.73 Å². The van der Waals surface area contributed by atoms with Crippen molar-refractivity contribution in [3.05, 3.63) is 59.7 Å². The highest BCUT2D eigenvalue weighted by Crippen LogP contribution is 2.22. The molecular weight excluding hydrogens is 296 g/mol. The Morgan fingerprint density at radius 2 is 1.95 bits per heavy atom. The van der Waals surface area contributed by atoms with Gasteiger partial charge in [-0.1, -0.05) is 42.1 Å². The summed E-state index contributed by atoms with van der Waals surface area (Å²) in [6.07, 6.45) is 1.80. The quantitative estimate of drug-likeness (QED) is 0.702. The van der Waals surface area contributed by atoms with Crippen LogP contribution in [0.25, 0.3) is 0 Å².